The minimum absolute atomic E-state index is 0.0784. The monoisotopic (exact) mass is 263 g/mol. The molecule has 0 bridgehead atoms. The van der Waals surface area contributed by atoms with Crippen molar-refractivity contribution in [1.82, 2.24) is 5.32 Å². The molecule has 0 radical (unpaired) electrons. The Balaban J connectivity index is 3.01. The van der Waals surface area contributed by atoms with E-state index >= 15 is 0 Å². The molecular weight excluding hydrogens is 234 g/mol. The molecule has 2 nitrogen and oxygen atoms in total. The molecule has 0 amide bonds. The average Bonchev–Trinajstić information content (AvgIpc) is 2.43. The van der Waals surface area contributed by atoms with Gasteiger partial charge in [-0.1, -0.05) is 37.6 Å². The lowest BCUT2D eigenvalue weighted by Gasteiger charge is -2.38. The van der Waals surface area contributed by atoms with Gasteiger partial charge in [0.15, 0.2) is 0 Å². The van der Waals surface area contributed by atoms with Gasteiger partial charge in [0.2, 0.25) is 0 Å². The Morgan fingerprint density at radius 3 is 2.32 bits per heavy atom. The molecule has 0 saturated heterocycles. The van der Waals surface area contributed by atoms with Crippen LogP contribution in [-0.4, -0.2) is 25.8 Å². The molecule has 0 fully saturated rings. The van der Waals surface area contributed by atoms with E-state index in [-0.39, 0.29) is 5.60 Å². The summed E-state index contributed by atoms with van der Waals surface area (Å²) in [4.78, 5) is 0. The van der Waals surface area contributed by atoms with Gasteiger partial charge in [-0.3, -0.25) is 0 Å². The van der Waals surface area contributed by atoms with E-state index in [4.69, 9.17) is 4.74 Å². The molecule has 1 aromatic rings. The van der Waals surface area contributed by atoms with Gasteiger partial charge >= 0.3 is 0 Å². The van der Waals surface area contributed by atoms with Gasteiger partial charge in [0.1, 0.15) is 0 Å². The molecule has 0 aliphatic rings. The van der Waals surface area contributed by atoms with Crippen LogP contribution >= 0.6 is 0 Å². The van der Waals surface area contributed by atoms with Crippen molar-refractivity contribution in [3.8, 4) is 0 Å². The van der Waals surface area contributed by atoms with Crippen molar-refractivity contribution >= 4 is 0 Å². The van der Waals surface area contributed by atoms with E-state index in [0.29, 0.717) is 6.04 Å². The third kappa shape index (κ3) is 3.58. The molecule has 0 saturated carbocycles. The molecule has 2 heteroatoms. The second-order valence-corrected chi connectivity index (χ2v) is 5.45. The van der Waals surface area contributed by atoms with Crippen LogP contribution in [0.5, 0.6) is 0 Å². The predicted molar refractivity (Wildman–Crippen MR) is 82.8 cm³/mol. The normalized spacial score (nSPS) is 13.6. The molecule has 0 spiro atoms. The maximum Gasteiger partial charge on any atom is 0.0828 e. The van der Waals surface area contributed by atoms with E-state index in [9.17, 15) is 0 Å². The van der Waals surface area contributed by atoms with Gasteiger partial charge in [-0.05, 0) is 51.3 Å². The zero-order chi connectivity index (χ0) is 14.5. The molecule has 0 aromatic heterocycles. The van der Waals surface area contributed by atoms with E-state index in [1.165, 1.54) is 16.7 Å². The van der Waals surface area contributed by atoms with E-state index in [0.717, 1.165) is 19.3 Å². The Bertz CT molecular complexity index is 388. The second-order valence-electron chi connectivity index (χ2n) is 5.45. The fourth-order valence-corrected chi connectivity index (χ4v) is 2.96. The smallest absolute Gasteiger partial charge is 0.0828 e. The van der Waals surface area contributed by atoms with Crippen LogP contribution in [0, 0.1) is 13.8 Å². The minimum Gasteiger partial charge on any atom is -0.377 e. The summed E-state index contributed by atoms with van der Waals surface area (Å²) in [7, 11) is 3.87. The van der Waals surface area contributed by atoms with Crippen LogP contribution in [0.1, 0.15) is 43.4 Å². The van der Waals surface area contributed by atoms with Gasteiger partial charge in [0.25, 0.3) is 0 Å². The Hall–Kier alpha value is -0.860. The summed E-state index contributed by atoms with van der Waals surface area (Å²) >= 11 is 0. The number of hydrogen-bond donors (Lipinski definition) is 1. The highest BCUT2D eigenvalue weighted by Crippen LogP contribution is 2.27. The van der Waals surface area contributed by atoms with Crippen LogP contribution in [0.15, 0.2) is 18.2 Å². The fourth-order valence-electron chi connectivity index (χ4n) is 2.96. The molecule has 0 heterocycles. The van der Waals surface area contributed by atoms with Gasteiger partial charge < -0.3 is 10.1 Å². The van der Waals surface area contributed by atoms with Crippen molar-refractivity contribution in [2.24, 2.45) is 0 Å². The fraction of sp³-hybridized carbons (Fsp3) is 0.647. The van der Waals surface area contributed by atoms with Crippen molar-refractivity contribution in [2.75, 3.05) is 14.2 Å². The number of rotatable bonds is 7. The number of benzene rings is 1. The van der Waals surface area contributed by atoms with Gasteiger partial charge in [0.05, 0.1) is 5.60 Å². The second kappa shape index (κ2) is 7.06. The summed E-state index contributed by atoms with van der Waals surface area (Å²) in [5.74, 6) is 0. The third-order valence-electron chi connectivity index (χ3n) is 4.52. The summed E-state index contributed by atoms with van der Waals surface area (Å²) < 4.78 is 5.87. The highest BCUT2D eigenvalue weighted by atomic mass is 16.5. The van der Waals surface area contributed by atoms with Gasteiger partial charge in [-0.2, -0.15) is 0 Å². The lowest BCUT2D eigenvalue weighted by atomic mass is 9.83. The summed E-state index contributed by atoms with van der Waals surface area (Å²) in [6.07, 6.45) is 3.06. The summed E-state index contributed by atoms with van der Waals surface area (Å²) in [5.41, 5.74) is 4.03. The van der Waals surface area contributed by atoms with E-state index in [2.05, 4.69) is 51.2 Å². The third-order valence-corrected chi connectivity index (χ3v) is 4.52. The minimum atomic E-state index is -0.0784. The van der Waals surface area contributed by atoms with Gasteiger partial charge in [0, 0.05) is 13.2 Å². The largest absolute Gasteiger partial charge is 0.377 e. The Morgan fingerprint density at radius 2 is 1.84 bits per heavy atom. The molecule has 0 aliphatic heterocycles. The molecule has 1 aromatic carbocycles. The topological polar surface area (TPSA) is 21.3 Å². The first kappa shape index (κ1) is 16.2. The Labute approximate surface area is 118 Å². The first-order valence-corrected chi connectivity index (χ1v) is 7.31. The van der Waals surface area contributed by atoms with Crippen molar-refractivity contribution in [1.29, 1.82) is 0 Å². The standard InChI is InChI=1S/C17H29NO/c1-7-17(8-2,19-6)16(18-5)12-15-11-13(3)9-10-14(15)4/h9-11,16,18H,7-8,12H2,1-6H3. The first-order valence-electron chi connectivity index (χ1n) is 7.31. The molecule has 108 valence electrons. The first-order chi connectivity index (χ1) is 9.02. The number of hydrogen-bond acceptors (Lipinski definition) is 2. The maximum absolute atomic E-state index is 5.87. The van der Waals surface area contributed by atoms with Crippen LogP contribution in [0.25, 0.3) is 0 Å². The lowest BCUT2D eigenvalue weighted by molar-refractivity contribution is -0.0454. The predicted octanol–water partition coefficient (Wildman–Crippen LogP) is 3.64. The number of likely N-dealkylation sites (N-methyl/N-ethyl adjacent to an activating group) is 1. The molecule has 0 aliphatic carbocycles. The van der Waals surface area contributed by atoms with E-state index in [1.54, 1.807) is 0 Å². The molecular formula is C17H29NO. The molecule has 1 atom stereocenters. The Morgan fingerprint density at radius 1 is 1.21 bits per heavy atom. The molecule has 19 heavy (non-hydrogen) atoms. The highest BCUT2D eigenvalue weighted by molar-refractivity contribution is 5.31. The molecule has 1 rings (SSSR count). The van der Waals surface area contributed by atoms with Crippen molar-refractivity contribution < 1.29 is 4.74 Å². The Kier molecular flexibility index (Phi) is 6.02. The van der Waals surface area contributed by atoms with Crippen molar-refractivity contribution in [3.63, 3.8) is 0 Å². The number of ether oxygens (including phenoxy) is 1. The lowest BCUT2D eigenvalue weighted by Crippen LogP contribution is -2.51. The van der Waals surface area contributed by atoms with Crippen molar-refractivity contribution in [3.05, 3.63) is 34.9 Å². The quantitative estimate of drug-likeness (QED) is 0.811. The van der Waals surface area contributed by atoms with Gasteiger partial charge in [-0.25, -0.2) is 0 Å². The summed E-state index contributed by atoms with van der Waals surface area (Å²) in [6, 6.07) is 7.03. The van der Waals surface area contributed by atoms with Crippen LogP contribution in [0.4, 0.5) is 0 Å². The van der Waals surface area contributed by atoms with Crippen LogP contribution in [-0.2, 0) is 11.2 Å². The van der Waals surface area contributed by atoms with E-state index in [1.807, 2.05) is 14.2 Å². The zero-order valence-electron chi connectivity index (χ0n) is 13.3. The van der Waals surface area contributed by atoms with Crippen LogP contribution < -0.4 is 5.32 Å². The SMILES string of the molecule is CCC(CC)(OC)C(Cc1cc(C)ccc1C)NC. The summed E-state index contributed by atoms with van der Waals surface area (Å²) in [5, 5.41) is 3.47. The average molecular weight is 263 g/mol. The number of nitrogens with one attached hydrogen (secondary N) is 1. The van der Waals surface area contributed by atoms with Crippen molar-refractivity contribution in [2.45, 2.75) is 58.6 Å². The van der Waals surface area contributed by atoms with E-state index < -0.39 is 0 Å². The highest BCUT2D eigenvalue weighted by Gasteiger charge is 2.34. The molecule has 1 unspecified atom stereocenters. The zero-order valence-corrected chi connectivity index (χ0v) is 13.3. The summed E-state index contributed by atoms with van der Waals surface area (Å²) in [6.45, 7) is 8.76. The van der Waals surface area contributed by atoms with Gasteiger partial charge in [-0.15, -0.1) is 0 Å². The van der Waals surface area contributed by atoms with Crippen LogP contribution in [0.2, 0.25) is 0 Å². The molecule has 1 N–H and O–H groups in total. The number of aryl methyl sites for hydroxylation is 2. The van der Waals surface area contributed by atoms with Crippen LogP contribution in [0.3, 0.4) is 0 Å². The maximum atomic E-state index is 5.87. The number of methoxy groups -OCH3 is 1.